The molecule has 2 aromatic rings. The molecule has 2 aromatic heterocycles. The van der Waals surface area contributed by atoms with Crippen molar-refractivity contribution in [3.8, 4) is 0 Å². The van der Waals surface area contributed by atoms with Crippen molar-refractivity contribution in [2.45, 2.75) is 45.6 Å². The van der Waals surface area contributed by atoms with Crippen LogP contribution >= 0.6 is 0 Å². The third-order valence-corrected chi connectivity index (χ3v) is 5.55. The quantitative estimate of drug-likeness (QED) is 0.811. The molecule has 5 nitrogen and oxygen atoms in total. The van der Waals surface area contributed by atoms with E-state index in [9.17, 15) is 9.59 Å². The van der Waals surface area contributed by atoms with Crippen LogP contribution in [-0.4, -0.2) is 15.4 Å². The number of rotatable bonds is 4. The molecule has 0 aromatic carbocycles. The van der Waals surface area contributed by atoms with Gasteiger partial charge >= 0.3 is 5.97 Å². The van der Waals surface area contributed by atoms with Crippen LogP contribution in [0.4, 0.5) is 0 Å². The standard InChI is InChI=1S/C19H22N2O3/c1-12-2-5-17-20-16(9-18(22)21(17)10-12)11-24-19(23)8-15-7-13-3-4-14(15)6-13/h2,5,9-10,13-15H,3-4,6-8,11H2,1H3/t13-,14+,15-/m0/s1. The van der Waals surface area contributed by atoms with Gasteiger partial charge in [0.05, 0.1) is 5.69 Å². The van der Waals surface area contributed by atoms with Gasteiger partial charge in [-0.15, -0.1) is 0 Å². The third kappa shape index (κ3) is 2.95. The van der Waals surface area contributed by atoms with Crippen LogP contribution in [0.25, 0.3) is 5.65 Å². The maximum atomic E-state index is 12.1. The Bertz CT molecular complexity index is 842. The van der Waals surface area contributed by atoms with Gasteiger partial charge < -0.3 is 4.74 Å². The number of nitrogens with zero attached hydrogens (tertiary/aromatic N) is 2. The summed E-state index contributed by atoms with van der Waals surface area (Å²) in [5, 5.41) is 0. The molecule has 2 aliphatic carbocycles. The number of hydrogen-bond acceptors (Lipinski definition) is 4. The molecule has 3 atom stereocenters. The van der Waals surface area contributed by atoms with E-state index in [-0.39, 0.29) is 18.1 Å². The molecule has 2 bridgehead atoms. The van der Waals surface area contributed by atoms with Crippen LogP contribution in [0.5, 0.6) is 0 Å². The Morgan fingerprint density at radius 1 is 1.33 bits per heavy atom. The average Bonchev–Trinajstić information content (AvgIpc) is 3.16. The molecule has 2 saturated carbocycles. The van der Waals surface area contributed by atoms with Gasteiger partial charge in [-0.1, -0.05) is 12.5 Å². The van der Waals surface area contributed by atoms with Crippen molar-refractivity contribution in [3.05, 3.63) is 46.0 Å². The highest BCUT2D eigenvalue weighted by molar-refractivity contribution is 5.69. The second-order valence-electron chi connectivity index (χ2n) is 7.32. The number of ether oxygens (including phenoxy) is 1. The summed E-state index contributed by atoms with van der Waals surface area (Å²) >= 11 is 0. The maximum absolute atomic E-state index is 12.1. The minimum Gasteiger partial charge on any atom is -0.459 e. The van der Waals surface area contributed by atoms with E-state index in [0.717, 1.165) is 11.5 Å². The monoisotopic (exact) mass is 326 g/mol. The first-order valence-corrected chi connectivity index (χ1v) is 8.73. The first-order valence-electron chi connectivity index (χ1n) is 8.73. The van der Waals surface area contributed by atoms with Crippen LogP contribution in [0.3, 0.4) is 0 Å². The summed E-state index contributed by atoms with van der Waals surface area (Å²) in [5.41, 5.74) is 1.93. The van der Waals surface area contributed by atoms with Crippen molar-refractivity contribution in [1.82, 2.24) is 9.38 Å². The zero-order valence-electron chi connectivity index (χ0n) is 13.9. The SMILES string of the molecule is Cc1ccc2nc(COC(=O)C[C@@H]3C[C@H]4CC[C@@H]3C4)cc(=O)n2c1. The predicted octanol–water partition coefficient (Wildman–Crippen LogP) is 2.87. The van der Waals surface area contributed by atoms with Gasteiger partial charge in [-0.25, -0.2) is 4.98 Å². The van der Waals surface area contributed by atoms with Gasteiger partial charge in [-0.05, 0) is 55.6 Å². The van der Waals surface area contributed by atoms with Crippen LogP contribution in [0.2, 0.25) is 0 Å². The Kier molecular flexibility index (Phi) is 3.87. The van der Waals surface area contributed by atoms with Gasteiger partial charge in [-0.3, -0.25) is 14.0 Å². The van der Waals surface area contributed by atoms with E-state index < -0.39 is 0 Å². The van der Waals surface area contributed by atoms with Crippen LogP contribution in [0.1, 0.15) is 43.4 Å². The van der Waals surface area contributed by atoms with Gasteiger partial charge in [0.25, 0.3) is 5.56 Å². The molecule has 5 heteroatoms. The van der Waals surface area contributed by atoms with E-state index in [0.29, 0.717) is 29.6 Å². The third-order valence-electron chi connectivity index (χ3n) is 5.55. The van der Waals surface area contributed by atoms with E-state index in [1.54, 1.807) is 12.3 Å². The summed E-state index contributed by atoms with van der Waals surface area (Å²) in [6, 6.07) is 5.15. The first kappa shape index (κ1) is 15.4. The topological polar surface area (TPSA) is 60.7 Å². The average molecular weight is 326 g/mol. The van der Waals surface area contributed by atoms with E-state index >= 15 is 0 Å². The zero-order chi connectivity index (χ0) is 16.7. The molecule has 2 heterocycles. The van der Waals surface area contributed by atoms with E-state index in [4.69, 9.17) is 4.74 Å². The minimum atomic E-state index is -0.168. The lowest BCUT2D eigenvalue weighted by Crippen LogP contribution is -2.19. The van der Waals surface area contributed by atoms with Crippen molar-refractivity contribution < 1.29 is 9.53 Å². The van der Waals surface area contributed by atoms with Crippen LogP contribution < -0.4 is 5.56 Å². The molecule has 2 aliphatic rings. The number of esters is 1. The van der Waals surface area contributed by atoms with Crippen LogP contribution in [0.15, 0.2) is 29.2 Å². The smallest absolute Gasteiger partial charge is 0.306 e. The highest BCUT2D eigenvalue weighted by Gasteiger charge is 2.40. The number of pyridine rings is 1. The summed E-state index contributed by atoms with van der Waals surface area (Å²) in [6.07, 6.45) is 7.34. The maximum Gasteiger partial charge on any atom is 0.306 e. The van der Waals surface area contributed by atoms with Crippen molar-refractivity contribution in [2.24, 2.45) is 17.8 Å². The summed E-state index contributed by atoms with van der Waals surface area (Å²) < 4.78 is 6.89. The molecule has 0 radical (unpaired) electrons. The van der Waals surface area contributed by atoms with Crippen molar-refractivity contribution in [2.75, 3.05) is 0 Å². The molecule has 0 N–H and O–H groups in total. The summed E-state index contributed by atoms with van der Waals surface area (Å²) in [4.78, 5) is 28.7. The lowest BCUT2D eigenvalue weighted by atomic mass is 9.86. The molecule has 2 fully saturated rings. The number of carbonyl (C=O) groups excluding carboxylic acids is 1. The highest BCUT2D eigenvalue weighted by atomic mass is 16.5. The Balaban J connectivity index is 1.40. The Labute approximate surface area is 140 Å². The number of aryl methyl sites for hydroxylation is 1. The summed E-state index contributed by atoms with van der Waals surface area (Å²) in [5.74, 6) is 1.88. The van der Waals surface area contributed by atoms with Gasteiger partial charge in [0.1, 0.15) is 12.3 Å². The van der Waals surface area contributed by atoms with Crippen molar-refractivity contribution in [3.63, 3.8) is 0 Å². The molecule has 0 unspecified atom stereocenters. The number of hydrogen-bond donors (Lipinski definition) is 0. The molecule has 126 valence electrons. The van der Waals surface area contributed by atoms with Gasteiger partial charge in [0.15, 0.2) is 0 Å². The minimum absolute atomic E-state index is 0.0687. The Morgan fingerprint density at radius 3 is 2.96 bits per heavy atom. The normalized spacial score (nSPS) is 25.3. The molecule has 0 spiro atoms. The van der Waals surface area contributed by atoms with E-state index in [1.807, 2.05) is 13.0 Å². The predicted molar refractivity (Wildman–Crippen MR) is 89.6 cm³/mol. The first-order chi connectivity index (χ1) is 11.6. The van der Waals surface area contributed by atoms with E-state index in [1.165, 1.54) is 36.2 Å². The van der Waals surface area contributed by atoms with Gasteiger partial charge in [0.2, 0.25) is 0 Å². The molecular weight excluding hydrogens is 304 g/mol. The molecule has 0 amide bonds. The van der Waals surface area contributed by atoms with Gasteiger partial charge in [-0.2, -0.15) is 0 Å². The highest BCUT2D eigenvalue weighted by Crippen LogP contribution is 2.49. The summed E-state index contributed by atoms with van der Waals surface area (Å²) in [7, 11) is 0. The van der Waals surface area contributed by atoms with Crippen LogP contribution in [-0.2, 0) is 16.1 Å². The fourth-order valence-corrected chi connectivity index (χ4v) is 4.39. The second-order valence-corrected chi connectivity index (χ2v) is 7.32. The zero-order valence-corrected chi connectivity index (χ0v) is 13.9. The molecular formula is C19H22N2O3. The van der Waals surface area contributed by atoms with Crippen molar-refractivity contribution in [1.29, 1.82) is 0 Å². The fourth-order valence-electron chi connectivity index (χ4n) is 4.39. The second kappa shape index (κ2) is 6.04. The molecule has 0 aliphatic heterocycles. The fraction of sp³-hybridized carbons (Fsp3) is 0.526. The lowest BCUT2D eigenvalue weighted by molar-refractivity contribution is -0.146. The lowest BCUT2D eigenvalue weighted by Gasteiger charge is -2.20. The largest absolute Gasteiger partial charge is 0.459 e. The Hall–Kier alpha value is -2.17. The molecule has 0 saturated heterocycles. The number of fused-ring (bicyclic) bond motifs is 3. The summed E-state index contributed by atoms with van der Waals surface area (Å²) in [6.45, 7) is 2.00. The number of carbonyl (C=O) groups is 1. The molecule has 24 heavy (non-hydrogen) atoms. The van der Waals surface area contributed by atoms with Gasteiger partial charge in [0, 0.05) is 18.7 Å². The van der Waals surface area contributed by atoms with Crippen LogP contribution in [0, 0.1) is 24.7 Å². The molecule has 4 rings (SSSR count). The number of aromatic nitrogens is 2. The Morgan fingerprint density at radius 2 is 2.21 bits per heavy atom. The van der Waals surface area contributed by atoms with E-state index in [2.05, 4.69) is 4.98 Å². The van der Waals surface area contributed by atoms with Crippen molar-refractivity contribution >= 4 is 11.6 Å².